The molecule has 1 heterocycles. The zero-order valence-corrected chi connectivity index (χ0v) is 9.43. The number of thiazole rings is 1. The summed E-state index contributed by atoms with van der Waals surface area (Å²) in [6.07, 6.45) is 1.77. The predicted octanol–water partition coefficient (Wildman–Crippen LogP) is 2.15. The van der Waals surface area contributed by atoms with Crippen LogP contribution in [0, 0.1) is 5.82 Å². The monoisotopic (exact) mass is 237 g/mol. The molecule has 0 aliphatic rings. The molecular weight excluding hydrogens is 225 g/mol. The van der Waals surface area contributed by atoms with E-state index in [4.69, 9.17) is 5.73 Å². The average Bonchev–Trinajstić information content (AvgIpc) is 2.76. The van der Waals surface area contributed by atoms with Crippen LogP contribution in [0.4, 0.5) is 10.1 Å². The SMILES string of the molecule is Nc1ccc(CNCc2nccs2)cc1F. The Morgan fingerprint density at radius 2 is 2.25 bits per heavy atom. The highest BCUT2D eigenvalue weighted by Gasteiger charge is 2.00. The van der Waals surface area contributed by atoms with Gasteiger partial charge in [0.15, 0.2) is 0 Å². The molecule has 0 atom stereocenters. The van der Waals surface area contributed by atoms with Gasteiger partial charge in [0.2, 0.25) is 0 Å². The lowest BCUT2D eigenvalue weighted by Crippen LogP contribution is -2.12. The van der Waals surface area contributed by atoms with Crippen LogP contribution in [0.15, 0.2) is 29.8 Å². The maximum absolute atomic E-state index is 13.1. The van der Waals surface area contributed by atoms with Gasteiger partial charge in [0.25, 0.3) is 0 Å². The number of anilines is 1. The average molecular weight is 237 g/mol. The number of nitrogens with zero attached hydrogens (tertiary/aromatic N) is 1. The van der Waals surface area contributed by atoms with Gasteiger partial charge < -0.3 is 11.1 Å². The molecule has 16 heavy (non-hydrogen) atoms. The molecule has 3 nitrogen and oxygen atoms in total. The minimum absolute atomic E-state index is 0.184. The van der Waals surface area contributed by atoms with Gasteiger partial charge in [-0.05, 0) is 17.7 Å². The smallest absolute Gasteiger partial charge is 0.146 e. The van der Waals surface area contributed by atoms with Crippen molar-refractivity contribution in [1.29, 1.82) is 0 Å². The Balaban J connectivity index is 1.87. The van der Waals surface area contributed by atoms with E-state index in [9.17, 15) is 4.39 Å². The summed E-state index contributed by atoms with van der Waals surface area (Å²) in [6, 6.07) is 4.84. The third-order valence-electron chi connectivity index (χ3n) is 2.15. The van der Waals surface area contributed by atoms with E-state index in [1.54, 1.807) is 23.6 Å². The fraction of sp³-hybridized carbons (Fsp3) is 0.182. The molecule has 0 aliphatic carbocycles. The molecule has 0 fully saturated rings. The summed E-state index contributed by atoms with van der Waals surface area (Å²) in [7, 11) is 0. The molecule has 0 aliphatic heterocycles. The van der Waals surface area contributed by atoms with Gasteiger partial charge in [-0.15, -0.1) is 11.3 Å². The number of nitrogens with one attached hydrogen (secondary N) is 1. The molecule has 84 valence electrons. The van der Waals surface area contributed by atoms with E-state index < -0.39 is 0 Å². The molecule has 0 radical (unpaired) electrons. The molecule has 2 aromatic rings. The summed E-state index contributed by atoms with van der Waals surface area (Å²) in [4.78, 5) is 4.14. The van der Waals surface area contributed by atoms with Crippen molar-refractivity contribution in [3.8, 4) is 0 Å². The number of nitrogen functional groups attached to an aromatic ring is 1. The first kappa shape index (κ1) is 11.0. The number of rotatable bonds is 4. The second-order valence-corrected chi connectivity index (χ2v) is 4.36. The normalized spacial score (nSPS) is 10.6. The minimum atomic E-state index is -0.367. The summed E-state index contributed by atoms with van der Waals surface area (Å²) in [5.41, 5.74) is 6.45. The summed E-state index contributed by atoms with van der Waals surface area (Å²) in [5, 5.41) is 6.15. The van der Waals surface area contributed by atoms with Gasteiger partial charge in [0, 0.05) is 24.7 Å². The van der Waals surface area contributed by atoms with Gasteiger partial charge in [-0.3, -0.25) is 0 Å². The molecule has 0 amide bonds. The van der Waals surface area contributed by atoms with Crippen LogP contribution in [0.2, 0.25) is 0 Å². The lowest BCUT2D eigenvalue weighted by atomic mass is 10.2. The number of aromatic nitrogens is 1. The van der Waals surface area contributed by atoms with E-state index in [-0.39, 0.29) is 11.5 Å². The van der Waals surface area contributed by atoms with Crippen LogP contribution in [0.3, 0.4) is 0 Å². The molecular formula is C11H12FN3S. The Hall–Kier alpha value is -1.46. The van der Waals surface area contributed by atoms with E-state index in [0.29, 0.717) is 13.1 Å². The van der Waals surface area contributed by atoms with Crippen molar-refractivity contribution in [3.05, 3.63) is 46.2 Å². The lowest BCUT2D eigenvalue weighted by Gasteiger charge is -2.04. The zero-order chi connectivity index (χ0) is 11.4. The van der Waals surface area contributed by atoms with E-state index in [0.717, 1.165) is 10.6 Å². The summed E-state index contributed by atoms with van der Waals surface area (Å²) in [5.74, 6) is -0.367. The van der Waals surface area contributed by atoms with Crippen LogP contribution in [0.5, 0.6) is 0 Å². The van der Waals surface area contributed by atoms with Gasteiger partial charge in [-0.2, -0.15) is 0 Å². The number of halogens is 1. The highest BCUT2D eigenvalue weighted by molar-refractivity contribution is 7.09. The topological polar surface area (TPSA) is 50.9 Å². The van der Waals surface area contributed by atoms with E-state index in [1.807, 2.05) is 11.4 Å². The molecule has 0 saturated heterocycles. The highest BCUT2D eigenvalue weighted by Crippen LogP contribution is 2.12. The van der Waals surface area contributed by atoms with Crippen LogP contribution < -0.4 is 11.1 Å². The second kappa shape index (κ2) is 5.05. The van der Waals surface area contributed by atoms with Gasteiger partial charge in [-0.25, -0.2) is 9.37 Å². The largest absolute Gasteiger partial charge is 0.396 e. The Morgan fingerprint density at radius 3 is 2.94 bits per heavy atom. The number of nitrogens with two attached hydrogens (primary N) is 1. The Morgan fingerprint density at radius 1 is 1.38 bits per heavy atom. The number of benzene rings is 1. The number of hydrogen-bond acceptors (Lipinski definition) is 4. The van der Waals surface area contributed by atoms with Gasteiger partial charge in [-0.1, -0.05) is 6.07 Å². The first-order chi connectivity index (χ1) is 7.75. The van der Waals surface area contributed by atoms with Crippen LogP contribution in [-0.2, 0) is 13.1 Å². The van der Waals surface area contributed by atoms with E-state index >= 15 is 0 Å². The second-order valence-electron chi connectivity index (χ2n) is 3.39. The third-order valence-corrected chi connectivity index (χ3v) is 2.93. The first-order valence-electron chi connectivity index (χ1n) is 4.88. The maximum atomic E-state index is 13.1. The van der Waals surface area contributed by atoms with Crippen molar-refractivity contribution >= 4 is 17.0 Å². The maximum Gasteiger partial charge on any atom is 0.146 e. The van der Waals surface area contributed by atoms with E-state index in [1.165, 1.54) is 6.07 Å². The standard InChI is InChI=1S/C11H12FN3S/c12-9-5-8(1-2-10(9)13)6-14-7-11-15-3-4-16-11/h1-5,14H,6-7,13H2. The fourth-order valence-electron chi connectivity index (χ4n) is 1.33. The third kappa shape index (κ3) is 2.77. The molecule has 0 bridgehead atoms. The van der Waals surface area contributed by atoms with Crippen molar-refractivity contribution in [2.24, 2.45) is 0 Å². The Kier molecular flexibility index (Phi) is 3.48. The van der Waals surface area contributed by atoms with Crippen LogP contribution in [-0.4, -0.2) is 4.98 Å². The predicted molar refractivity (Wildman–Crippen MR) is 63.5 cm³/mol. The van der Waals surface area contributed by atoms with Crippen molar-refractivity contribution in [1.82, 2.24) is 10.3 Å². The van der Waals surface area contributed by atoms with E-state index in [2.05, 4.69) is 10.3 Å². The Bertz CT molecular complexity index is 456. The molecule has 0 saturated carbocycles. The quantitative estimate of drug-likeness (QED) is 0.801. The Labute approximate surface area is 97.1 Å². The van der Waals surface area contributed by atoms with Crippen LogP contribution >= 0.6 is 11.3 Å². The summed E-state index contributed by atoms with van der Waals surface area (Å²) in [6.45, 7) is 1.31. The fourth-order valence-corrected chi connectivity index (χ4v) is 1.92. The van der Waals surface area contributed by atoms with Crippen molar-refractivity contribution in [3.63, 3.8) is 0 Å². The number of hydrogen-bond donors (Lipinski definition) is 2. The van der Waals surface area contributed by atoms with Crippen LogP contribution in [0.1, 0.15) is 10.6 Å². The van der Waals surface area contributed by atoms with Crippen molar-refractivity contribution < 1.29 is 4.39 Å². The minimum Gasteiger partial charge on any atom is -0.396 e. The summed E-state index contributed by atoms with van der Waals surface area (Å²) >= 11 is 1.60. The first-order valence-corrected chi connectivity index (χ1v) is 5.76. The van der Waals surface area contributed by atoms with Crippen LogP contribution in [0.25, 0.3) is 0 Å². The molecule has 0 unspecified atom stereocenters. The molecule has 1 aromatic carbocycles. The van der Waals surface area contributed by atoms with Gasteiger partial charge in [0.05, 0.1) is 5.69 Å². The molecule has 5 heteroatoms. The van der Waals surface area contributed by atoms with Crippen molar-refractivity contribution in [2.45, 2.75) is 13.1 Å². The molecule has 0 spiro atoms. The lowest BCUT2D eigenvalue weighted by molar-refractivity contribution is 0.624. The highest BCUT2D eigenvalue weighted by atomic mass is 32.1. The van der Waals surface area contributed by atoms with Gasteiger partial charge >= 0.3 is 0 Å². The molecule has 2 rings (SSSR count). The molecule has 1 aromatic heterocycles. The van der Waals surface area contributed by atoms with Crippen molar-refractivity contribution in [2.75, 3.05) is 5.73 Å². The summed E-state index contributed by atoms with van der Waals surface area (Å²) < 4.78 is 13.1. The van der Waals surface area contributed by atoms with Gasteiger partial charge in [0.1, 0.15) is 10.8 Å². The molecule has 3 N–H and O–H groups in total. The zero-order valence-electron chi connectivity index (χ0n) is 8.61.